The molecule has 15 heavy (non-hydrogen) atoms. The van der Waals surface area contributed by atoms with Crippen molar-refractivity contribution in [1.29, 1.82) is 0 Å². The zero-order valence-corrected chi connectivity index (χ0v) is 9.82. The maximum Gasteiger partial charge on any atom is 0.205 e. The van der Waals surface area contributed by atoms with Crippen LogP contribution in [-0.2, 0) is 13.5 Å². The summed E-state index contributed by atoms with van der Waals surface area (Å²) in [6.45, 7) is 4.33. The fourth-order valence-corrected chi connectivity index (χ4v) is 2.16. The Balaban J connectivity index is 2.12. The predicted octanol–water partition coefficient (Wildman–Crippen LogP) is 0.781. The summed E-state index contributed by atoms with van der Waals surface area (Å²) < 4.78 is 2.14. The van der Waals surface area contributed by atoms with Crippen LogP contribution in [0.1, 0.15) is 19.0 Å². The monoisotopic (exact) mass is 208 g/mol. The summed E-state index contributed by atoms with van der Waals surface area (Å²) in [7, 11) is 4.11. The average molecular weight is 208 g/mol. The third kappa shape index (κ3) is 2.00. The molecule has 2 heterocycles. The van der Waals surface area contributed by atoms with Gasteiger partial charge in [-0.15, -0.1) is 0 Å². The maximum absolute atomic E-state index is 4.64. The van der Waals surface area contributed by atoms with Gasteiger partial charge in [-0.1, -0.05) is 6.92 Å². The largest absolute Gasteiger partial charge is 0.341 e. The predicted molar refractivity (Wildman–Crippen MR) is 62.3 cm³/mol. The van der Waals surface area contributed by atoms with E-state index in [2.05, 4.69) is 39.9 Å². The molecule has 1 atom stereocenters. The van der Waals surface area contributed by atoms with Crippen LogP contribution in [0.15, 0.2) is 6.20 Å². The highest BCUT2D eigenvalue weighted by Gasteiger charge is 2.23. The van der Waals surface area contributed by atoms with E-state index in [4.69, 9.17) is 0 Å². The van der Waals surface area contributed by atoms with E-state index in [9.17, 15) is 0 Å². The Morgan fingerprint density at radius 2 is 2.40 bits per heavy atom. The van der Waals surface area contributed by atoms with Crippen molar-refractivity contribution in [3.8, 4) is 0 Å². The number of likely N-dealkylation sites (N-methyl/N-ethyl adjacent to an activating group) is 1. The lowest BCUT2D eigenvalue weighted by atomic mass is 10.3. The minimum Gasteiger partial charge on any atom is -0.341 e. The molecular weight excluding hydrogens is 188 g/mol. The molecule has 1 aromatic rings. The van der Waals surface area contributed by atoms with Gasteiger partial charge in [-0.2, -0.15) is 0 Å². The standard InChI is InChI=1S/C11H20N4/c1-4-9-7-14(3)11(13-9)15-6-5-10(8-15)12-2/h7,10,12H,4-6,8H2,1-3H3. The second kappa shape index (κ2) is 4.23. The SMILES string of the molecule is CCc1cn(C)c(N2CCC(NC)C2)n1. The van der Waals surface area contributed by atoms with Gasteiger partial charge in [-0.3, -0.25) is 0 Å². The molecule has 0 aliphatic carbocycles. The van der Waals surface area contributed by atoms with Gasteiger partial charge in [0.2, 0.25) is 5.95 Å². The molecule has 0 radical (unpaired) electrons. The molecule has 0 aromatic carbocycles. The third-order valence-electron chi connectivity index (χ3n) is 3.14. The van der Waals surface area contributed by atoms with Crippen molar-refractivity contribution in [3.63, 3.8) is 0 Å². The van der Waals surface area contributed by atoms with Gasteiger partial charge in [-0.25, -0.2) is 4.98 Å². The number of nitrogens with zero attached hydrogens (tertiary/aromatic N) is 3. The second-order valence-corrected chi connectivity index (χ2v) is 4.22. The van der Waals surface area contributed by atoms with Gasteiger partial charge in [0.15, 0.2) is 0 Å². The Labute approximate surface area is 91.3 Å². The maximum atomic E-state index is 4.64. The number of aromatic nitrogens is 2. The molecule has 1 aromatic heterocycles. The first-order chi connectivity index (χ1) is 7.24. The molecule has 4 heteroatoms. The lowest BCUT2D eigenvalue weighted by molar-refractivity contribution is 0.615. The highest BCUT2D eigenvalue weighted by atomic mass is 15.3. The lowest BCUT2D eigenvalue weighted by Crippen LogP contribution is -2.30. The van der Waals surface area contributed by atoms with Crippen LogP contribution in [0, 0.1) is 0 Å². The smallest absolute Gasteiger partial charge is 0.205 e. The van der Waals surface area contributed by atoms with E-state index in [-0.39, 0.29) is 0 Å². The Hall–Kier alpha value is -1.03. The van der Waals surface area contributed by atoms with Gasteiger partial charge < -0.3 is 14.8 Å². The van der Waals surface area contributed by atoms with E-state index in [1.54, 1.807) is 0 Å². The van der Waals surface area contributed by atoms with Crippen molar-refractivity contribution in [2.24, 2.45) is 7.05 Å². The number of rotatable bonds is 3. The molecule has 0 bridgehead atoms. The summed E-state index contributed by atoms with van der Waals surface area (Å²) in [5.41, 5.74) is 1.18. The summed E-state index contributed by atoms with van der Waals surface area (Å²) in [4.78, 5) is 7.00. The van der Waals surface area contributed by atoms with Crippen molar-refractivity contribution >= 4 is 5.95 Å². The van der Waals surface area contributed by atoms with Crippen LogP contribution in [0.25, 0.3) is 0 Å². The van der Waals surface area contributed by atoms with Crippen LogP contribution in [0.2, 0.25) is 0 Å². The molecule has 1 aliphatic heterocycles. The van der Waals surface area contributed by atoms with Gasteiger partial charge in [0.1, 0.15) is 0 Å². The molecule has 1 aliphatic rings. The Morgan fingerprint density at radius 3 is 2.93 bits per heavy atom. The van der Waals surface area contributed by atoms with Gasteiger partial charge >= 0.3 is 0 Å². The van der Waals surface area contributed by atoms with E-state index in [1.165, 1.54) is 12.1 Å². The number of anilines is 1. The van der Waals surface area contributed by atoms with Gasteiger partial charge in [0, 0.05) is 32.4 Å². The average Bonchev–Trinajstić information content (AvgIpc) is 2.83. The van der Waals surface area contributed by atoms with Crippen LogP contribution >= 0.6 is 0 Å². The summed E-state index contributed by atoms with van der Waals surface area (Å²) in [6.07, 6.45) is 4.35. The number of imidazole rings is 1. The fraction of sp³-hybridized carbons (Fsp3) is 0.727. The van der Waals surface area contributed by atoms with Crippen LogP contribution in [0.3, 0.4) is 0 Å². The molecule has 0 spiro atoms. The number of nitrogens with one attached hydrogen (secondary N) is 1. The highest BCUT2D eigenvalue weighted by Crippen LogP contribution is 2.19. The Morgan fingerprint density at radius 1 is 1.60 bits per heavy atom. The normalized spacial score (nSPS) is 21.3. The first kappa shape index (κ1) is 10.5. The van der Waals surface area contributed by atoms with Gasteiger partial charge in [0.25, 0.3) is 0 Å². The number of aryl methyl sites for hydroxylation is 2. The van der Waals surface area contributed by atoms with Gasteiger partial charge in [0.05, 0.1) is 5.69 Å². The van der Waals surface area contributed by atoms with Gasteiger partial charge in [-0.05, 0) is 19.9 Å². The van der Waals surface area contributed by atoms with Crippen LogP contribution < -0.4 is 10.2 Å². The molecule has 1 unspecified atom stereocenters. The fourth-order valence-electron chi connectivity index (χ4n) is 2.16. The number of hydrogen-bond acceptors (Lipinski definition) is 3. The van der Waals surface area contributed by atoms with Crippen LogP contribution in [0.4, 0.5) is 5.95 Å². The van der Waals surface area contributed by atoms with E-state index >= 15 is 0 Å². The van der Waals surface area contributed by atoms with Crippen molar-refractivity contribution < 1.29 is 0 Å². The van der Waals surface area contributed by atoms with Crippen molar-refractivity contribution in [1.82, 2.24) is 14.9 Å². The van der Waals surface area contributed by atoms with Crippen molar-refractivity contribution in [2.45, 2.75) is 25.8 Å². The summed E-state index contributed by atoms with van der Waals surface area (Å²) >= 11 is 0. The topological polar surface area (TPSA) is 33.1 Å². The Kier molecular flexibility index (Phi) is 2.95. The number of hydrogen-bond donors (Lipinski definition) is 1. The van der Waals surface area contributed by atoms with Crippen molar-refractivity contribution in [3.05, 3.63) is 11.9 Å². The molecule has 1 N–H and O–H groups in total. The quantitative estimate of drug-likeness (QED) is 0.797. The summed E-state index contributed by atoms with van der Waals surface area (Å²) in [6, 6.07) is 0.617. The molecule has 4 nitrogen and oxygen atoms in total. The molecule has 1 saturated heterocycles. The van der Waals surface area contributed by atoms with Crippen LogP contribution in [0.5, 0.6) is 0 Å². The van der Waals surface area contributed by atoms with E-state index in [1.807, 2.05) is 7.05 Å². The van der Waals surface area contributed by atoms with E-state index in [0.717, 1.165) is 25.5 Å². The van der Waals surface area contributed by atoms with Crippen molar-refractivity contribution in [2.75, 3.05) is 25.0 Å². The first-order valence-corrected chi connectivity index (χ1v) is 5.69. The molecule has 2 rings (SSSR count). The van der Waals surface area contributed by atoms with Crippen LogP contribution in [-0.4, -0.2) is 35.7 Å². The van der Waals surface area contributed by atoms with E-state index < -0.39 is 0 Å². The molecule has 1 fully saturated rings. The molecule has 0 amide bonds. The summed E-state index contributed by atoms with van der Waals surface area (Å²) in [5, 5.41) is 3.33. The third-order valence-corrected chi connectivity index (χ3v) is 3.14. The molecular formula is C11H20N4. The zero-order valence-electron chi connectivity index (χ0n) is 9.82. The molecule has 84 valence electrons. The minimum absolute atomic E-state index is 0.617. The van der Waals surface area contributed by atoms with E-state index in [0.29, 0.717) is 6.04 Å². The molecule has 0 saturated carbocycles. The highest BCUT2D eigenvalue weighted by molar-refractivity contribution is 5.35. The minimum atomic E-state index is 0.617. The lowest BCUT2D eigenvalue weighted by Gasteiger charge is -2.17. The Bertz CT molecular complexity index is 331. The summed E-state index contributed by atoms with van der Waals surface area (Å²) in [5.74, 6) is 1.12. The zero-order chi connectivity index (χ0) is 10.8. The second-order valence-electron chi connectivity index (χ2n) is 4.22. The first-order valence-electron chi connectivity index (χ1n) is 5.69.